The summed E-state index contributed by atoms with van der Waals surface area (Å²) in [5, 5.41) is 0.759. The third-order valence-electron chi connectivity index (χ3n) is 3.23. The van der Waals surface area contributed by atoms with Crippen LogP contribution in [0.2, 0.25) is 5.02 Å². The van der Waals surface area contributed by atoms with Gasteiger partial charge >= 0.3 is 0 Å². The predicted octanol–water partition coefficient (Wildman–Crippen LogP) is 2.62. The van der Waals surface area contributed by atoms with Gasteiger partial charge in [0.15, 0.2) is 0 Å². The predicted molar refractivity (Wildman–Crippen MR) is 63.9 cm³/mol. The van der Waals surface area contributed by atoms with E-state index in [1.165, 1.54) is 5.56 Å². The van der Waals surface area contributed by atoms with E-state index in [0.717, 1.165) is 31.3 Å². The molecule has 3 nitrogen and oxygen atoms in total. The van der Waals surface area contributed by atoms with Crippen molar-refractivity contribution in [2.75, 3.05) is 19.8 Å². The maximum atomic E-state index is 5.95. The van der Waals surface area contributed by atoms with Crippen LogP contribution in [0.1, 0.15) is 12.0 Å². The monoisotopic (exact) mass is 254 g/mol. The largest absolute Gasteiger partial charge is 0.327 e. The van der Waals surface area contributed by atoms with E-state index in [2.05, 4.69) is 6.07 Å². The van der Waals surface area contributed by atoms with Crippen molar-refractivity contribution in [3.63, 3.8) is 0 Å². The fourth-order valence-corrected chi connectivity index (χ4v) is 2.42. The molecular formula is C13H15ClO3. The van der Waals surface area contributed by atoms with Crippen LogP contribution in [0.4, 0.5) is 0 Å². The lowest BCUT2D eigenvalue weighted by atomic mass is 10.1. The summed E-state index contributed by atoms with van der Waals surface area (Å²) in [5.74, 6) is -0.403. The summed E-state index contributed by atoms with van der Waals surface area (Å²) in [7, 11) is 0. The first-order valence-electron chi connectivity index (χ1n) is 5.92. The summed E-state index contributed by atoms with van der Waals surface area (Å²) in [4.78, 5) is 0. The molecule has 0 N–H and O–H groups in total. The van der Waals surface area contributed by atoms with Crippen LogP contribution >= 0.6 is 11.6 Å². The van der Waals surface area contributed by atoms with E-state index in [1.807, 2.05) is 18.2 Å². The fourth-order valence-electron chi connectivity index (χ4n) is 2.21. The highest BCUT2D eigenvalue weighted by molar-refractivity contribution is 6.30. The number of halogens is 1. The summed E-state index contributed by atoms with van der Waals surface area (Å²) in [6.45, 7) is 2.24. The molecular weight excluding hydrogens is 240 g/mol. The first kappa shape index (κ1) is 11.5. The average Bonchev–Trinajstić information content (AvgIpc) is 2.39. The molecule has 0 atom stereocenters. The van der Waals surface area contributed by atoms with Crippen LogP contribution in [0.15, 0.2) is 24.3 Å². The molecule has 3 heterocycles. The Morgan fingerprint density at radius 2 is 1.88 bits per heavy atom. The fraction of sp³-hybridized carbons (Fsp3) is 0.538. The third-order valence-corrected chi connectivity index (χ3v) is 3.46. The van der Waals surface area contributed by atoms with Crippen molar-refractivity contribution in [2.45, 2.75) is 18.8 Å². The van der Waals surface area contributed by atoms with Gasteiger partial charge in [-0.05, 0) is 24.1 Å². The molecule has 4 heteroatoms. The molecule has 0 amide bonds. The van der Waals surface area contributed by atoms with Crippen LogP contribution in [0.3, 0.4) is 0 Å². The van der Waals surface area contributed by atoms with E-state index >= 15 is 0 Å². The molecule has 0 spiro atoms. The van der Waals surface area contributed by atoms with Gasteiger partial charge in [-0.1, -0.05) is 23.7 Å². The zero-order chi connectivity index (χ0) is 11.7. The van der Waals surface area contributed by atoms with Crippen LogP contribution in [0.5, 0.6) is 0 Å². The Bertz CT molecular complexity index is 386. The van der Waals surface area contributed by atoms with Gasteiger partial charge in [-0.15, -0.1) is 0 Å². The zero-order valence-corrected chi connectivity index (χ0v) is 10.3. The smallest absolute Gasteiger partial charge is 0.283 e. The molecule has 0 aromatic heterocycles. The van der Waals surface area contributed by atoms with E-state index < -0.39 is 5.97 Å². The Balaban J connectivity index is 1.63. The molecule has 0 saturated carbocycles. The highest BCUT2D eigenvalue weighted by atomic mass is 35.5. The van der Waals surface area contributed by atoms with E-state index in [0.29, 0.717) is 12.3 Å². The van der Waals surface area contributed by atoms with Crippen molar-refractivity contribution in [3.05, 3.63) is 34.9 Å². The summed E-state index contributed by atoms with van der Waals surface area (Å²) in [5.41, 5.74) is 1.18. The lowest BCUT2D eigenvalue weighted by molar-refractivity contribution is -0.449. The quantitative estimate of drug-likeness (QED) is 0.830. The summed E-state index contributed by atoms with van der Waals surface area (Å²) in [6, 6.07) is 7.85. The van der Waals surface area contributed by atoms with E-state index in [1.54, 1.807) is 0 Å². The minimum absolute atomic E-state index is 0.406. The topological polar surface area (TPSA) is 27.7 Å². The van der Waals surface area contributed by atoms with Crippen molar-refractivity contribution >= 4 is 11.6 Å². The number of benzene rings is 1. The molecule has 3 fully saturated rings. The van der Waals surface area contributed by atoms with Gasteiger partial charge in [-0.3, -0.25) is 0 Å². The third kappa shape index (κ3) is 2.47. The standard InChI is InChI=1S/C13H15ClO3/c14-12-3-1-2-10(6-12)4-5-13-15-7-11(8-16-13)9-17-13/h1-3,6,11H,4-5,7-9H2. The second kappa shape index (κ2) is 4.58. The normalized spacial score (nSPS) is 31.7. The van der Waals surface area contributed by atoms with Gasteiger partial charge in [0.25, 0.3) is 5.97 Å². The van der Waals surface area contributed by atoms with E-state index in [4.69, 9.17) is 25.8 Å². The number of ether oxygens (including phenoxy) is 3. The molecule has 1 aromatic carbocycles. The van der Waals surface area contributed by atoms with Gasteiger partial charge in [-0.2, -0.15) is 0 Å². The second-order valence-electron chi connectivity index (χ2n) is 4.61. The molecule has 3 aliphatic heterocycles. The zero-order valence-electron chi connectivity index (χ0n) is 9.52. The Morgan fingerprint density at radius 1 is 1.18 bits per heavy atom. The van der Waals surface area contributed by atoms with Crippen molar-refractivity contribution in [1.29, 1.82) is 0 Å². The van der Waals surface area contributed by atoms with E-state index in [9.17, 15) is 0 Å². The van der Waals surface area contributed by atoms with E-state index in [-0.39, 0.29) is 0 Å². The second-order valence-corrected chi connectivity index (χ2v) is 5.05. The number of rotatable bonds is 3. The summed E-state index contributed by atoms with van der Waals surface area (Å²) < 4.78 is 16.9. The minimum Gasteiger partial charge on any atom is -0.327 e. The SMILES string of the molecule is Clc1cccc(CCC23OCC(CO2)CO3)c1. The maximum absolute atomic E-state index is 5.95. The Labute approximate surface area is 106 Å². The van der Waals surface area contributed by atoms with Gasteiger partial charge in [0, 0.05) is 17.4 Å². The highest BCUT2D eigenvalue weighted by Crippen LogP contribution is 2.33. The lowest BCUT2D eigenvalue weighted by Crippen LogP contribution is -2.54. The molecule has 17 heavy (non-hydrogen) atoms. The van der Waals surface area contributed by atoms with Crippen LogP contribution in [-0.4, -0.2) is 25.8 Å². The van der Waals surface area contributed by atoms with Crippen LogP contribution in [0.25, 0.3) is 0 Å². The molecule has 1 aromatic rings. The van der Waals surface area contributed by atoms with Crippen molar-refractivity contribution in [2.24, 2.45) is 5.92 Å². The highest BCUT2D eigenvalue weighted by Gasteiger charge is 2.44. The molecule has 0 radical (unpaired) electrons. The van der Waals surface area contributed by atoms with Crippen LogP contribution < -0.4 is 0 Å². The van der Waals surface area contributed by atoms with Gasteiger partial charge < -0.3 is 14.2 Å². The Kier molecular flexibility index (Phi) is 3.09. The number of fused-ring (bicyclic) bond motifs is 3. The molecule has 4 rings (SSSR count). The molecule has 92 valence electrons. The molecule has 3 aliphatic rings. The summed E-state index contributed by atoms with van der Waals surface area (Å²) in [6.07, 6.45) is 1.55. The Hall–Kier alpha value is -0.610. The first-order valence-corrected chi connectivity index (χ1v) is 6.30. The molecule has 0 aliphatic carbocycles. The first-order chi connectivity index (χ1) is 8.26. The lowest BCUT2D eigenvalue weighted by Gasteiger charge is -2.45. The molecule has 3 saturated heterocycles. The van der Waals surface area contributed by atoms with Crippen molar-refractivity contribution in [3.8, 4) is 0 Å². The van der Waals surface area contributed by atoms with Crippen molar-refractivity contribution < 1.29 is 14.2 Å². The number of aryl methyl sites for hydroxylation is 1. The van der Waals surface area contributed by atoms with Crippen LogP contribution in [0, 0.1) is 5.92 Å². The minimum atomic E-state index is -0.808. The molecule has 0 unspecified atom stereocenters. The van der Waals surface area contributed by atoms with Gasteiger partial charge in [0.2, 0.25) is 0 Å². The maximum Gasteiger partial charge on any atom is 0.283 e. The number of hydrogen-bond acceptors (Lipinski definition) is 3. The van der Waals surface area contributed by atoms with Crippen molar-refractivity contribution in [1.82, 2.24) is 0 Å². The average molecular weight is 255 g/mol. The summed E-state index contributed by atoms with van der Waals surface area (Å²) >= 11 is 5.95. The Morgan fingerprint density at radius 3 is 2.53 bits per heavy atom. The van der Waals surface area contributed by atoms with Gasteiger partial charge in [0.05, 0.1) is 19.8 Å². The van der Waals surface area contributed by atoms with Gasteiger partial charge in [0.1, 0.15) is 0 Å². The van der Waals surface area contributed by atoms with Gasteiger partial charge in [-0.25, -0.2) is 0 Å². The van der Waals surface area contributed by atoms with Crippen LogP contribution in [-0.2, 0) is 20.6 Å². The number of hydrogen-bond donors (Lipinski definition) is 0. The molecule has 2 bridgehead atoms.